The van der Waals surface area contributed by atoms with E-state index in [2.05, 4.69) is 142 Å². The Morgan fingerprint density at radius 2 is 0.653 bits per heavy atom. The van der Waals surface area contributed by atoms with Gasteiger partial charge in [-0.15, -0.1) is 68.0 Å². The molecule has 0 saturated heterocycles. The molecule has 0 unspecified atom stereocenters. The van der Waals surface area contributed by atoms with Crippen molar-refractivity contribution >= 4 is 68.0 Å². The third kappa shape index (κ3) is 14.5. The van der Waals surface area contributed by atoms with E-state index in [9.17, 15) is 0 Å². The summed E-state index contributed by atoms with van der Waals surface area (Å²) in [6.45, 7) is 6.88. The third-order valence-corrected chi connectivity index (χ3v) is 21.1. The Kier molecular flexibility index (Phi) is 19.9. The first-order valence-corrected chi connectivity index (χ1v) is 32.1. The number of hydrogen-bond acceptors (Lipinski definition) is 8. The van der Waals surface area contributed by atoms with Gasteiger partial charge in [0.1, 0.15) is 0 Å². The predicted molar refractivity (Wildman–Crippen MR) is 324 cm³/mol. The maximum absolute atomic E-state index is 5.44. The van der Waals surface area contributed by atoms with Gasteiger partial charge in [-0.3, -0.25) is 4.98 Å². The van der Waals surface area contributed by atoms with E-state index in [0.29, 0.717) is 0 Å². The number of unbranched alkanes of at least 4 members (excludes halogenated alkanes) is 15. The molecule has 9 aromatic rings. The van der Waals surface area contributed by atoms with Gasteiger partial charge in [0, 0.05) is 70.3 Å². The minimum Gasteiger partial charge on any atom is -0.255 e. The fraction of sp³-hybridized carbons (Fsp3) is 0.375. The number of benzene rings is 1. The highest BCUT2D eigenvalue weighted by atomic mass is 32.1. The summed E-state index contributed by atoms with van der Waals surface area (Å²) in [6, 6.07) is 45.9. The zero-order valence-corrected chi connectivity index (χ0v) is 47.7. The van der Waals surface area contributed by atoms with Crippen LogP contribution in [-0.4, -0.2) is 9.97 Å². The highest BCUT2D eigenvalue weighted by Crippen LogP contribution is 2.43. The summed E-state index contributed by atoms with van der Waals surface area (Å²) in [7, 11) is 0. The van der Waals surface area contributed by atoms with Crippen LogP contribution in [0.15, 0.2) is 128 Å². The van der Waals surface area contributed by atoms with Crippen LogP contribution in [0.25, 0.3) is 83.2 Å². The van der Waals surface area contributed by atoms with Crippen LogP contribution in [0.5, 0.6) is 0 Å². The Bertz CT molecular complexity index is 2880. The second-order valence-electron chi connectivity index (χ2n) is 19.5. The molecule has 1 aromatic carbocycles. The lowest BCUT2D eigenvalue weighted by molar-refractivity contribution is 0.609. The third-order valence-electron chi connectivity index (χ3n) is 13.7. The average molecular weight is 1060 g/mol. The Labute approximate surface area is 455 Å². The van der Waals surface area contributed by atoms with Crippen molar-refractivity contribution in [2.24, 2.45) is 0 Å². The van der Waals surface area contributed by atoms with E-state index in [1.165, 1.54) is 210 Å². The molecule has 374 valence electrons. The van der Waals surface area contributed by atoms with E-state index < -0.39 is 0 Å². The van der Waals surface area contributed by atoms with Crippen LogP contribution in [-0.2, 0) is 19.3 Å². The molecule has 0 aliphatic heterocycles. The normalized spacial score (nSPS) is 11.6. The van der Waals surface area contributed by atoms with Gasteiger partial charge in [0.25, 0.3) is 0 Å². The molecule has 8 aromatic heterocycles. The highest BCUT2D eigenvalue weighted by molar-refractivity contribution is 7.25. The summed E-state index contributed by atoms with van der Waals surface area (Å²) in [5.74, 6) is 0. The largest absolute Gasteiger partial charge is 0.255 e. The molecule has 0 bridgehead atoms. The number of thiophene rings is 6. The molecule has 72 heavy (non-hydrogen) atoms. The van der Waals surface area contributed by atoms with Crippen LogP contribution in [0.2, 0.25) is 0 Å². The summed E-state index contributed by atoms with van der Waals surface area (Å²) in [5, 5.41) is 0. The fourth-order valence-corrected chi connectivity index (χ4v) is 16.0. The molecule has 0 spiro atoms. The molecule has 0 N–H and O–H groups in total. The first kappa shape index (κ1) is 52.6. The Morgan fingerprint density at radius 1 is 0.292 bits per heavy atom. The standard InChI is InChI=1S/C64H72N2S6/c1-4-7-10-13-16-19-25-50-28-31-59(67-50)62-37-34-56(70-62)47-24-22-23-46(42-47)53-44-49(58-36-39-64(72-58)61-33-30-52(69-61)27-21-18-15-12-9-6-3)45-55(66-53)54-43-48(40-41-65-54)57-35-38-63(71-57)60-32-29-51(68-60)26-20-17-14-11-8-5-2/h22-24,28-45H,4-21,25-27H2,1-3H3. The predicted octanol–water partition coefficient (Wildman–Crippen LogP) is 22.9. The highest BCUT2D eigenvalue weighted by Gasteiger charge is 2.17. The molecule has 0 aliphatic rings. The van der Waals surface area contributed by atoms with Gasteiger partial charge in [-0.05, 0) is 158 Å². The molecule has 0 radical (unpaired) electrons. The zero-order valence-electron chi connectivity index (χ0n) is 42.8. The van der Waals surface area contributed by atoms with Gasteiger partial charge < -0.3 is 0 Å². The Hall–Kier alpha value is -4.28. The SMILES string of the molecule is CCCCCCCCc1ccc(-c2ccc(-c3cccc(-c4cc(-c5ccc(-c6ccc(CCCCCCCC)s6)s5)cc(-c5cc(-c6ccc(-c7ccc(CCCCCCCC)s7)s6)ccn5)n4)c3)s2)s1. The number of aryl methyl sites for hydroxylation is 3. The van der Waals surface area contributed by atoms with Crippen LogP contribution in [0.4, 0.5) is 0 Å². The average Bonchev–Trinajstić information content (AvgIpc) is 4.28. The maximum Gasteiger partial charge on any atom is 0.0900 e. The molecule has 0 saturated carbocycles. The van der Waals surface area contributed by atoms with Gasteiger partial charge in [-0.25, -0.2) is 4.98 Å². The zero-order chi connectivity index (χ0) is 49.3. The molecule has 2 nitrogen and oxygen atoms in total. The van der Waals surface area contributed by atoms with E-state index in [4.69, 9.17) is 9.97 Å². The van der Waals surface area contributed by atoms with E-state index in [1.54, 1.807) is 0 Å². The first-order chi connectivity index (χ1) is 35.5. The van der Waals surface area contributed by atoms with Gasteiger partial charge in [-0.1, -0.05) is 135 Å². The molecule has 0 amide bonds. The number of rotatable bonds is 29. The van der Waals surface area contributed by atoms with Gasteiger partial charge >= 0.3 is 0 Å². The summed E-state index contributed by atoms with van der Waals surface area (Å²) in [5.41, 5.74) is 7.44. The first-order valence-electron chi connectivity index (χ1n) is 27.2. The minimum atomic E-state index is 0.892. The van der Waals surface area contributed by atoms with Gasteiger partial charge in [0.15, 0.2) is 0 Å². The fourth-order valence-electron chi connectivity index (χ4n) is 9.56. The van der Waals surface area contributed by atoms with Crippen LogP contribution in [0.3, 0.4) is 0 Å². The maximum atomic E-state index is 5.44. The van der Waals surface area contributed by atoms with E-state index >= 15 is 0 Å². The lowest BCUT2D eigenvalue weighted by Crippen LogP contribution is -1.93. The van der Waals surface area contributed by atoms with Crippen LogP contribution >= 0.6 is 68.0 Å². The van der Waals surface area contributed by atoms with Gasteiger partial charge in [0.05, 0.1) is 17.1 Å². The molecule has 9 rings (SSSR count). The molecule has 0 atom stereocenters. The summed E-state index contributed by atoms with van der Waals surface area (Å²) >= 11 is 11.6. The van der Waals surface area contributed by atoms with Crippen molar-refractivity contribution in [3.63, 3.8) is 0 Å². The topological polar surface area (TPSA) is 25.8 Å². The van der Waals surface area contributed by atoms with Crippen molar-refractivity contribution in [3.05, 3.63) is 142 Å². The van der Waals surface area contributed by atoms with Crippen LogP contribution in [0, 0.1) is 0 Å². The summed E-state index contributed by atoms with van der Waals surface area (Å²) < 4.78 is 0. The second-order valence-corrected chi connectivity index (χ2v) is 26.2. The Morgan fingerprint density at radius 3 is 1.14 bits per heavy atom. The molecule has 0 fully saturated rings. The molecular formula is C64H72N2S6. The van der Waals surface area contributed by atoms with Crippen molar-refractivity contribution < 1.29 is 0 Å². The van der Waals surface area contributed by atoms with Crippen molar-refractivity contribution in [3.8, 4) is 83.2 Å². The summed E-state index contributed by atoms with van der Waals surface area (Å²) in [4.78, 5) is 26.9. The van der Waals surface area contributed by atoms with E-state index in [1.807, 2.05) is 74.2 Å². The number of hydrogen-bond donors (Lipinski definition) is 0. The van der Waals surface area contributed by atoms with Crippen molar-refractivity contribution in [2.45, 2.75) is 156 Å². The monoisotopic (exact) mass is 1060 g/mol. The number of pyridine rings is 2. The van der Waals surface area contributed by atoms with E-state index in [-0.39, 0.29) is 0 Å². The minimum absolute atomic E-state index is 0.892. The van der Waals surface area contributed by atoms with E-state index in [0.717, 1.165) is 22.6 Å². The molecule has 8 heterocycles. The van der Waals surface area contributed by atoms with Gasteiger partial charge in [0.2, 0.25) is 0 Å². The lowest BCUT2D eigenvalue weighted by atomic mass is 10.0. The van der Waals surface area contributed by atoms with Crippen LogP contribution in [0.1, 0.15) is 151 Å². The molecular weight excluding hydrogens is 989 g/mol. The number of aromatic nitrogens is 2. The smallest absolute Gasteiger partial charge is 0.0900 e. The molecule has 0 aliphatic carbocycles. The van der Waals surface area contributed by atoms with Crippen LogP contribution < -0.4 is 0 Å². The molecule has 8 heteroatoms. The van der Waals surface area contributed by atoms with Crippen molar-refractivity contribution in [1.29, 1.82) is 0 Å². The Balaban J connectivity index is 0.965. The van der Waals surface area contributed by atoms with Crippen molar-refractivity contribution in [2.75, 3.05) is 0 Å². The lowest BCUT2D eigenvalue weighted by Gasteiger charge is -2.10. The number of nitrogens with zero attached hydrogens (tertiary/aromatic N) is 2. The summed E-state index contributed by atoms with van der Waals surface area (Å²) in [6.07, 6.45) is 29.6. The van der Waals surface area contributed by atoms with Gasteiger partial charge in [-0.2, -0.15) is 0 Å². The second kappa shape index (κ2) is 27.3. The van der Waals surface area contributed by atoms with Crippen molar-refractivity contribution in [1.82, 2.24) is 9.97 Å². The quantitative estimate of drug-likeness (QED) is 0.0437.